The molecule has 3 aliphatic rings. The van der Waals surface area contributed by atoms with Gasteiger partial charge in [-0.15, -0.1) is 0 Å². The lowest BCUT2D eigenvalue weighted by Gasteiger charge is -2.43. The van der Waals surface area contributed by atoms with Crippen LogP contribution < -0.4 is 0 Å². The second-order valence-corrected chi connectivity index (χ2v) is 8.06. The van der Waals surface area contributed by atoms with Crippen LogP contribution in [0.2, 0.25) is 0 Å². The Labute approximate surface area is 143 Å². The van der Waals surface area contributed by atoms with Gasteiger partial charge in [0.2, 0.25) is 5.91 Å². The SMILES string of the molecule is CC1CCCN(C(=O)CN2C3CCC2CC(O)(c2ccco2)C3)C1. The number of likely N-dealkylation sites (tertiary alicyclic amines) is 1. The molecule has 0 spiro atoms. The number of hydrogen-bond donors (Lipinski definition) is 1. The van der Waals surface area contributed by atoms with Gasteiger partial charge in [0.25, 0.3) is 0 Å². The van der Waals surface area contributed by atoms with E-state index in [-0.39, 0.29) is 18.0 Å². The monoisotopic (exact) mass is 332 g/mol. The molecule has 3 aliphatic heterocycles. The van der Waals surface area contributed by atoms with Crippen molar-refractivity contribution in [2.24, 2.45) is 5.92 Å². The molecule has 0 aromatic carbocycles. The molecule has 3 atom stereocenters. The summed E-state index contributed by atoms with van der Waals surface area (Å²) < 4.78 is 5.48. The fourth-order valence-electron chi connectivity index (χ4n) is 4.99. The fourth-order valence-corrected chi connectivity index (χ4v) is 4.99. The zero-order valence-corrected chi connectivity index (χ0v) is 14.5. The number of hydrogen-bond acceptors (Lipinski definition) is 4. The number of carbonyl (C=O) groups is 1. The van der Waals surface area contributed by atoms with Gasteiger partial charge in [-0.25, -0.2) is 0 Å². The molecule has 4 rings (SSSR count). The lowest BCUT2D eigenvalue weighted by Crippen LogP contribution is -2.53. The topological polar surface area (TPSA) is 56.9 Å². The third-order valence-corrected chi connectivity index (χ3v) is 6.23. The van der Waals surface area contributed by atoms with Crippen LogP contribution in [-0.4, -0.2) is 52.5 Å². The molecule has 4 heterocycles. The van der Waals surface area contributed by atoms with E-state index in [9.17, 15) is 9.90 Å². The predicted octanol–water partition coefficient (Wildman–Crippen LogP) is 2.35. The van der Waals surface area contributed by atoms with Crippen LogP contribution in [0.3, 0.4) is 0 Å². The highest BCUT2D eigenvalue weighted by molar-refractivity contribution is 5.78. The number of carbonyl (C=O) groups excluding carboxylic acids is 1. The number of furan rings is 1. The largest absolute Gasteiger partial charge is 0.466 e. The minimum Gasteiger partial charge on any atom is -0.466 e. The van der Waals surface area contributed by atoms with Gasteiger partial charge in [-0.3, -0.25) is 9.69 Å². The minimum atomic E-state index is -0.867. The molecule has 1 N–H and O–H groups in total. The molecule has 3 fully saturated rings. The quantitative estimate of drug-likeness (QED) is 0.923. The summed E-state index contributed by atoms with van der Waals surface area (Å²) in [5, 5.41) is 11.0. The fraction of sp³-hybridized carbons (Fsp3) is 0.737. The summed E-state index contributed by atoms with van der Waals surface area (Å²) in [6.07, 6.45) is 7.45. The zero-order chi connectivity index (χ0) is 16.7. The van der Waals surface area contributed by atoms with E-state index in [1.807, 2.05) is 17.0 Å². The maximum atomic E-state index is 12.7. The van der Waals surface area contributed by atoms with Gasteiger partial charge < -0.3 is 14.4 Å². The first-order valence-corrected chi connectivity index (χ1v) is 9.35. The molecule has 3 saturated heterocycles. The van der Waals surface area contributed by atoms with Crippen molar-refractivity contribution < 1.29 is 14.3 Å². The first-order chi connectivity index (χ1) is 11.5. The Balaban J connectivity index is 1.42. The molecular formula is C19H28N2O3. The van der Waals surface area contributed by atoms with Gasteiger partial charge in [0, 0.05) is 25.2 Å². The third-order valence-electron chi connectivity index (χ3n) is 6.23. The van der Waals surface area contributed by atoms with Gasteiger partial charge in [-0.1, -0.05) is 6.92 Å². The number of nitrogens with zero attached hydrogens (tertiary/aromatic N) is 2. The Morgan fingerprint density at radius 2 is 2.08 bits per heavy atom. The average molecular weight is 332 g/mol. The molecule has 5 nitrogen and oxygen atoms in total. The van der Waals surface area contributed by atoms with Crippen molar-refractivity contribution in [3.05, 3.63) is 24.2 Å². The molecule has 5 heteroatoms. The van der Waals surface area contributed by atoms with Crippen molar-refractivity contribution in [3.8, 4) is 0 Å². The molecule has 132 valence electrons. The zero-order valence-electron chi connectivity index (χ0n) is 14.5. The first kappa shape index (κ1) is 16.2. The number of piperidine rings is 2. The molecule has 1 aromatic heterocycles. The number of fused-ring (bicyclic) bond motifs is 2. The average Bonchev–Trinajstić information content (AvgIpc) is 3.17. The molecule has 0 saturated carbocycles. The van der Waals surface area contributed by atoms with Crippen LogP contribution in [0.5, 0.6) is 0 Å². The van der Waals surface area contributed by atoms with Crippen molar-refractivity contribution in [3.63, 3.8) is 0 Å². The summed E-state index contributed by atoms with van der Waals surface area (Å²) in [5.74, 6) is 1.56. The molecule has 1 amide bonds. The van der Waals surface area contributed by atoms with Gasteiger partial charge in [0.05, 0.1) is 12.8 Å². The van der Waals surface area contributed by atoms with E-state index in [0.717, 1.165) is 32.4 Å². The van der Waals surface area contributed by atoms with Gasteiger partial charge in [-0.05, 0) is 56.6 Å². The standard InChI is InChI=1S/C19H28N2O3/c1-14-4-2-8-20(12-14)18(22)13-21-15-6-7-16(21)11-19(23,10-15)17-5-3-9-24-17/h3,5,9,14-16,23H,2,4,6-8,10-13H2,1H3. The van der Waals surface area contributed by atoms with Gasteiger partial charge >= 0.3 is 0 Å². The summed E-state index contributed by atoms with van der Waals surface area (Å²) in [6.45, 7) is 4.55. The summed E-state index contributed by atoms with van der Waals surface area (Å²) in [6, 6.07) is 4.27. The molecule has 0 aliphatic carbocycles. The van der Waals surface area contributed by atoms with Crippen molar-refractivity contribution in [1.82, 2.24) is 9.80 Å². The Morgan fingerprint density at radius 3 is 2.71 bits per heavy atom. The van der Waals surface area contributed by atoms with E-state index in [0.29, 0.717) is 31.1 Å². The Kier molecular flexibility index (Phi) is 4.17. The minimum absolute atomic E-state index is 0.266. The molecule has 0 radical (unpaired) electrons. The smallest absolute Gasteiger partial charge is 0.236 e. The van der Waals surface area contributed by atoms with Crippen molar-refractivity contribution in [2.45, 2.75) is 63.1 Å². The number of amides is 1. The second kappa shape index (κ2) is 6.19. The first-order valence-electron chi connectivity index (χ1n) is 9.35. The van der Waals surface area contributed by atoms with E-state index >= 15 is 0 Å². The summed E-state index contributed by atoms with van der Waals surface area (Å²) in [7, 11) is 0. The Hall–Kier alpha value is -1.33. The van der Waals surface area contributed by atoms with Crippen LogP contribution >= 0.6 is 0 Å². The van der Waals surface area contributed by atoms with Crippen LogP contribution in [-0.2, 0) is 10.4 Å². The summed E-state index contributed by atoms with van der Waals surface area (Å²) >= 11 is 0. The number of aliphatic hydroxyl groups is 1. The highest BCUT2D eigenvalue weighted by Gasteiger charge is 2.50. The molecule has 1 aromatic rings. The number of rotatable bonds is 3. The normalized spacial score (nSPS) is 36.9. The lowest BCUT2D eigenvalue weighted by molar-refractivity contribution is -0.138. The Bertz CT molecular complexity index is 571. The van der Waals surface area contributed by atoms with Crippen LogP contribution in [0, 0.1) is 5.92 Å². The summed E-state index contributed by atoms with van der Waals surface area (Å²) in [4.78, 5) is 17.1. The second-order valence-electron chi connectivity index (χ2n) is 8.06. The molecule has 24 heavy (non-hydrogen) atoms. The third kappa shape index (κ3) is 2.88. The van der Waals surface area contributed by atoms with Crippen LogP contribution in [0.4, 0.5) is 0 Å². The predicted molar refractivity (Wildman–Crippen MR) is 90.3 cm³/mol. The van der Waals surface area contributed by atoms with Crippen molar-refractivity contribution >= 4 is 5.91 Å². The van der Waals surface area contributed by atoms with Crippen molar-refractivity contribution in [1.29, 1.82) is 0 Å². The van der Waals surface area contributed by atoms with Gasteiger partial charge in [-0.2, -0.15) is 0 Å². The van der Waals surface area contributed by atoms with Crippen molar-refractivity contribution in [2.75, 3.05) is 19.6 Å². The van der Waals surface area contributed by atoms with Crippen LogP contribution in [0.25, 0.3) is 0 Å². The molecule has 2 bridgehead atoms. The van der Waals surface area contributed by atoms with E-state index in [1.54, 1.807) is 6.26 Å². The van der Waals surface area contributed by atoms with E-state index in [1.165, 1.54) is 6.42 Å². The maximum absolute atomic E-state index is 12.7. The summed E-state index contributed by atoms with van der Waals surface area (Å²) in [5.41, 5.74) is -0.867. The van der Waals surface area contributed by atoms with Gasteiger partial charge in [0.1, 0.15) is 11.4 Å². The van der Waals surface area contributed by atoms with E-state index in [2.05, 4.69) is 11.8 Å². The van der Waals surface area contributed by atoms with Crippen LogP contribution in [0.15, 0.2) is 22.8 Å². The van der Waals surface area contributed by atoms with E-state index < -0.39 is 5.60 Å². The maximum Gasteiger partial charge on any atom is 0.236 e. The molecular weight excluding hydrogens is 304 g/mol. The Morgan fingerprint density at radius 1 is 1.33 bits per heavy atom. The highest BCUT2D eigenvalue weighted by Crippen LogP contribution is 2.45. The lowest BCUT2D eigenvalue weighted by atomic mass is 9.84. The highest BCUT2D eigenvalue weighted by atomic mass is 16.4. The van der Waals surface area contributed by atoms with Crippen LogP contribution in [0.1, 0.15) is 51.2 Å². The van der Waals surface area contributed by atoms with Gasteiger partial charge in [0.15, 0.2) is 0 Å². The van der Waals surface area contributed by atoms with E-state index in [4.69, 9.17) is 4.42 Å². The molecule has 3 unspecified atom stereocenters.